The third-order valence-electron chi connectivity index (χ3n) is 2.58. The molecular weight excluding hydrogens is 290 g/mol. The monoisotopic (exact) mass is 305 g/mol. The van der Waals surface area contributed by atoms with E-state index in [1.54, 1.807) is 23.1 Å². The molecule has 0 unspecified atom stereocenters. The Labute approximate surface area is 125 Å². The Hall–Kier alpha value is -1.60. The maximum atomic E-state index is 4.57. The zero-order chi connectivity index (χ0) is 13.9. The summed E-state index contributed by atoms with van der Waals surface area (Å²) in [4.78, 5) is 4.57. The van der Waals surface area contributed by atoms with E-state index in [0.717, 1.165) is 26.6 Å². The van der Waals surface area contributed by atoms with Gasteiger partial charge in [-0.05, 0) is 26.0 Å². The van der Waals surface area contributed by atoms with Crippen LogP contribution in [0.4, 0.5) is 5.13 Å². The van der Waals surface area contributed by atoms with Crippen LogP contribution in [0.3, 0.4) is 0 Å². The number of pyridine rings is 1. The lowest BCUT2D eigenvalue weighted by Gasteiger charge is -2.02. The van der Waals surface area contributed by atoms with Crippen LogP contribution < -0.4 is 5.32 Å². The van der Waals surface area contributed by atoms with Gasteiger partial charge in [-0.2, -0.15) is 0 Å². The van der Waals surface area contributed by atoms with Crippen LogP contribution in [0.15, 0.2) is 34.9 Å². The predicted molar refractivity (Wildman–Crippen MR) is 83.4 cm³/mol. The number of hydrogen-bond acceptors (Lipinski definition) is 6. The number of nitrogens with one attached hydrogen (secondary N) is 1. The van der Waals surface area contributed by atoms with Crippen LogP contribution in [0.2, 0.25) is 0 Å². The first-order valence-corrected chi connectivity index (χ1v) is 8.16. The quantitative estimate of drug-likeness (QED) is 0.733. The van der Waals surface area contributed by atoms with Gasteiger partial charge in [0.2, 0.25) is 5.13 Å². The molecule has 3 aromatic heterocycles. The number of rotatable bonds is 5. The molecule has 0 radical (unpaired) electrons. The highest BCUT2D eigenvalue weighted by Crippen LogP contribution is 2.28. The highest BCUT2D eigenvalue weighted by Gasteiger charge is 2.07. The summed E-state index contributed by atoms with van der Waals surface area (Å²) >= 11 is 3.25. The minimum atomic E-state index is 0.374. The highest BCUT2D eigenvalue weighted by molar-refractivity contribution is 8.00. The second-order valence-corrected chi connectivity index (χ2v) is 6.86. The van der Waals surface area contributed by atoms with Crippen molar-refractivity contribution in [3.05, 3.63) is 36.3 Å². The number of nitrogens with zero attached hydrogens (tertiary/aromatic N) is 4. The Bertz CT molecular complexity index is 670. The maximum absolute atomic E-state index is 4.57. The number of aromatic nitrogens is 4. The largest absolute Gasteiger partial charge is 0.358 e. The number of hydrogen-bond donors (Lipinski definition) is 1. The van der Waals surface area contributed by atoms with Crippen LogP contribution in [0.25, 0.3) is 5.65 Å². The summed E-state index contributed by atoms with van der Waals surface area (Å²) in [5.74, 6) is 0.804. The molecule has 0 aliphatic rings. The fourth-order valence-corrected chi connectivity index (χ4v) is 3.55. The molecule has 104 valence electrons. The first-order valence-electron chi connectivity index (χ1n) is 6.36. The van der Waals surface area contributed by atoms with E-state index in [0.29, 0.717) is 6.04 Å². The maximum Gasteiger partial charge on any atom is 0.206 e. The molecule has 0 saturated heterocycles. The lowest BCUT2D eigenvalue weighted by molar-refractivity contribution is 0.883. The van der Waals surface area contributed by atoms with Crippen molar-refractivity contribution in [3.63, 3.8) is 0 Å². The molecule has 0 aliphatic heterocycles. The van der Waals surface area contributed by atoms with Crippen molar-refractivity contribution in [2.24, 2.45) is 0 Å². The molecule has 0 amide bonds. The standard InChI is InChI=1S/C13H15N5S2/c1-9(2)14-12-16-17-13(20-12)19-8-10-7-18-6-4-3-5-11(18)15-10/h3-7,9H,8H2,1-2H3,(H,14,16). The Kier molecular flexibility index (Phi) is 3.88. The van der Waals surface area contributed by atoms with Crippen LogP contribution >= 0.6 is 23.1 Å². The second-order valence-electron chi connectivity index (χ2n) is 4.66. The zero-order valence-electron chi connectivity index (χ0n) is 11.3. The minimum Gasteiger partial charge on any atom is -0.358 e. The van der Waals surface area contributed by atoms with E-state index in [1.165, 1.54) is 0 Å². The number of thioether (sulfide) groups is 1. The molecule has 1 N–H and O–H groups in total. The molecule has 0 bridgehead atoms. The van der Waals surface area contributed by atoms with Gasteiger partial charge in [-0.3, -0.25) is 0 Å². The number of fused-ring (bicyclic) bond motifs is 1. The molecule has 20 heavy (non-hydrogen) atoms. The highest BCUT2D eigenvalue weighted by atomic mass is 32.2. The molecule has 0 fully saturated rings. The van der Waals surface area contributed by atoms with Crippen LogP contribution in [0.5, 0.6) is 0 Å². The van der Waals surface area contributed by atoms with Crippen molar-refractivity contribution < 1.29 is 0 Å². The predicted octanol–water partition coefficient (Wildman–Crippen LogP) is 3.30. The summed E-state index contributed by atoms with van der Waals surface area (Å²) in [5, 5.41) is 12.4. The van der Waals surface area contributed by atoms with Crippen molar-refractivity contribution in [3.8, 4) is 0 Å². The third kappa shape index (κ3) is 3.10. The lowest BCUT2D eigenvalue weighted by atomic mass is 10.4. The van der Waals surface area contributed by atoms with E-state index < -0.39 is 0 Å². The molecule has 5 nitrogen and oxygen atoms in total. The van der Waals surface area contributed by atoms with E-state index in [1.807, 2.05) is 28.8 Å². The van der Waals surface area contributed by atoms with Gasteiger partial charge in [-0.25, -0.2) is 4.98 Å². The van der Waals surface area contributed by atoms with Crippen molar-refractivity contribution >= 4 is 33.9 Å². The fraction of sp³-hybridized carbons (Fsp3) is 0.308. The van der Waals surface area contributed by atoms with Gasteiger partial charge in [-0.15, -0.1) is 10.2 Å². The Balaban J connectivity index is 1.65. The normalized spacial score (nSPS) is 11.3. The molecule has 7 heteroatoms. The molecule has 3 heterocycles. The SMILES string of the molecule is CC(C)Nc1nnc(SCc2cn3ccccc3n2)s1. The van der Waals surface area contributed by atoms with E-state index in [4.69, 9.17) is 0 Å². The summed E-state index contributed by atoms with van der Waals surface area (Å²) in [6.07, 6.45) is 4.06. The Morgan fingerprint density at radius 3 is 3.05 bits per heavy atom. The van der Waals surface area contributed by atoms with E-state index in [9.17, 15) is 0 Å². The Morgan fingerprint density at radius 2 is 2.25 bits per heavy atom. The minimum absolute atomic E-state index is 0.374. The van der Waals surface area contributed by atoms with Gasteiger partial charge in [0.15, 0.2) is 4.34 Å². The third-order valence-corrected chi connectivity index (χ3v) is 4.60. The van der Waals surface area contributed by atoms with Crippen LogP contribution in [0.1, 0.15) is 19.5 Å². The summed E-state index contributed by atoms with van der Waals surface area (Å²) < 4.78 is 2.99. The van der Waals surface area contributed by atoms with Crippen molar-refractivity contribution in [1.29, 1.82) is 0 Å². The van der Waals surface area contributed by atoms with Crippen molar-refractivity contribution in [2.75, 3.05) is 5.32 Å². The summed E-state index contributed by atoms with van der Waals surface area (Å²) in [5.41, 5.74) is 2.03. The first kappa shape index (κ1) is 13.4. The fourth-order valence-electron chi connectivity index (χ4n) is 1.77. The van der Waals surface area contributed by atoms with E-state index >= 15 is 0 Å². The second kappa shape index (κ2) is 5.80. The van der Waals surface area contributed by atoms with Crippen LogP contribution in [-0.4, -0.2) is 25.6 Å². The van der Waals surface area contributed by atoms with Gasteiger partial charge in [0, 0.05) is 24.2 Å². The summed E-state index contributed by atoms with van der Waals surface area (Å²) in [6, 6.07) is 6.37. The van der Waals surface area contributed by atoms with Crippen molar-refractivity contribution in [1.82, 2.24) is 19.6 Å². The average molecular weight is 305 g/mol. The van der Waals surface area contributed by atoms with Gasteiger partial charge in [-0.1, -0.05) is 29.2 Å². The summed E-state index contributed by atoms with van der Waals surface area (Å²) in [7, 11) is 0. The molecule has 3 aromatic rings. The molecule has 0 aliphatic carbocycles. The van der Waals surface area contributed by atoms with Crippen LogP contribution in [-0.2, 0) is 5.75 Å². The topological polar surface area (TPSA) is 55.1 Å². The first-order chi connectivity index (χ1) is 9.70. The molecule has 0 atom stereocenters. The molecule has 0 spiro atoms. The average Bonchev–Trinajstić information content (AvgIpc) is 3.01. The van der Waals surface area contributed by atoms with E-state index in [-0.39, 0.29) is 0 Å². The summed E-state index contributed by atoms with van der Waals surface area (Å²) in [6.45, 7) is 4.18. The van der Waals surface area contributed by atoms with Gasteiger partial charge in [0.05, 0.1) is 5.69 Å². The molecule has 0 aromatic carbocycles. The van der Waals surface area contributed by atoms with Crippen molar-refractivity contribution in [2.45, 2.75) is 30.0 Å². The number of imidazole rings is 1. The molecule has 0 saturated carbocycles. The Morgan fingerprint density at radius 1 is 1.35 bits per heavy atom. The van der Waals surface area contributed by atoms with Gasteiger partial charge < -0.3 is 9.72 Å². The van der Waals surface area contributed by atoms with Crippen LogP contribution in [0, 0.1) is 0 Å². The molecule has 3 rings (SSSR count). The number of anilines is 1. The molecular formula is C13H15N5S2. The van der Waals surface area contributed by atoms with Gasteiger partial charge >= 0.3 is 0 Å². The van der Waals surface area contributed by atoms with Gasteiger partial charge in [0.25, 0.3) is 0 Å². The lowest BCUT2D eigenvalue weighted by Crippen LogP contribution is -2.08. The zero-order valence-corrected chi connectivity index (χ0v) is 12.9. The van der Waals surface area contributed by atoms with E-state index in [2.05, 4.69) is 40.5 Å². The van der Waals surface area contributed by atoms with Gasteiger partial charge in [0.1, 0.15) is 5.65 Å². The smallest absolute Gasteiger partial charge is 0.206 e.